The Morgan fingerprint density at radius 3 is 2.95 bits per heavy atom. The van der Waals surface area contributed by atoms with Crippen LogP contribution in [0.4, 0.5) is 0 Å². The first-order chi connectivity index (χ1) is 10.7. The first kappa shape index (κ1) is 15.5. The van der Waals surface area contributed by atoms with Gasteiger partial charge in [0, 0.05) is 45.2 Å². The lowest BCUT2D eigenvalue weighted by molar-refractivity contribution is -0.134. The molecule has 1 aromatic heterocycles. The molecule has 2 aliphatic rings. The fraction of sp³-hybridized carbons (Fsp3) is 0.750. The molecule has 0 spiro atoms. The van der Waals surface area contributed by atoms with Crippen molar-refractivity contribution >= 4 is 5.91 Å². The lowest BCUT2D eigenvalue weighted by Gasteiger charge is -2.25. The number of ether oxygens (including phenoxy) is 1. The van der Waals surface area contributed by atoms with Gasteiger partial charge < -0.3 is 9.64 Å². The van der Waals surface area contributed by atoms with Gasteiger partial charge in [-0.1, -0.05) is 0 Å². The van der Waals surface area contributed by atoms with Crippen molar-refractivity contribution < 1.29 is 9.53 Å². The second kappa shape index (κ2) is 7.24. The molecule has 2 unspecified atom stereocenters. The van der Waals surface area contributed by atoms with Gasteiger partial charge >= 0.3 is 0 Å². The Kier molecular flexibility index (Phi) is 5.10. The summed E-state index contributed by atoms with van der Waals surface area (Å²) in [6.07, 6.45) is 7.36. The van der Waals surface area contributed by atoms with Gasteiger partial charge in [-0.2, -0.15) is 5.10 Å². The summed E-state index contributed by atoms with van der Waals surface area (Å²) in [6, 6.07) is 1.63. The lowest BCUT2D eigenvalue weighted by atomic mass is 10.2. The zero-order valence-corrected chi connectivity index (χ0v) is 13.4. The molecule has 122 valence electrons. The molecule has 1 aromatic rings. The van der Waals surface area contributed by atoms with Crippen molar-refractivity contribution in [1.29, 1.82) is 0 Å². The van der Waals surface area contributed by atoms with Crippen LogP contribution < -0.4 is 0 Å². The third kappa shape index (κ3) is 3.67. The molecule has 0 bridgehead atoms. The molecule has 0 aliphatic carbocycles. The number of carbonyl (C=O) groups is 1. The predicted octanol–water partition coefficient (Wildman–Crippen LogP) is 1.16. The molecule has 2 atom stereocenters. The van der Waals surface area contributed by atoms with E-state index in [4.69, 9.17) is 4.74 Å². The number of aromatic nitrogens is 2. The summed E-state index contributed by atoms with van der Waals surface area (Å²) < 4.78 is 7.46. The summed E-state index contributed by atoms with van der Waals surface area (Å²) in [5, 5.41) is 4.18. The van der Waals surface area contributed by atoms with Crippen LogP contribution in [0.25, 0.3) is 0 Å². The lowest BCUT2D eigenvalue weighted by Crippen LogP contribution is -2.40. The maximum absolute atomic E-state index is 12.6. The Morgan fingerprint density at radius 2 is 2.23 bits per heavy atom. The van der Waals surface area contributed by atoms with E-state index in [9.17, 15) is 4.79 Å². The molecule has 1 amide bonds. The predicted molar refractivity (Wildman–Crippen MR) is 83.5 cm³/mol. The van der Waals surface area contributed by atoms with Crippen molar-refractivity contribution in [3.63, 3.8) is 0 Å². The summed E-state index contributed by atoms with van der Waals surface area (Å²) in [7, 11) is 0. The summed E-state index contributed by atoms with van der Waals surface area (Å²) in [6.45, 7) is 7.48. The molecular weight excluding hydrogens is 280 g/mol. The van der Waals surface area contributed by atoms with Gasteiger partial charge in [0.2, 0.25) is 5.91 Å². The minimum absolute atomic E-state index is 0.169. The first-order valence-electron chi connectivity index (χ1n) is 8.36. The van der Waals surface area contributed by atoms with Gasteiger partial charge in [0.25, 0.3) is 0 Å². The van der Waals surface area contributed by atoms with E-state index in [2.05, 4.69) is 10.00 Å². The molecule has 2 aliphatic heterocycles. The fourth-order valence-electron chi connectivity index (χ4n) is 3.34. The maximum Gasteiger partial charge on any atom is 0.247 e. The number of carbonyl (C=O) groups excluding carboxylic acids is 1. The Morgan fingerprint density at radius 1 is 1.32 bits per heavy atom. The summed E-state index contributed by atoms with van der Waals surface area (Å²) in [4.78, 5) is 17.1. The molecule has 2 saturated heterocycles. The second-order valence-corrected chi connectivity index (χ2v) is 6.28. The van der Waals surface area contributed by atoms with Crippen molar-refractivity contribution in [3.8, 4) is 0 Å². The average molecular weight is 306 g/mol. The van der Waals surface area contributed by atoms with E-state index in [-0.39, 0.29) is 11.9 Å². The SMILES string of the molecule is CC(C(=O)N1CCCN(CC2CCCO2)CC1)n1cccn1. The Labute approximate surface area is 132 Å². The van der Waals surface area contributed by atoms with E-state index in [1.807, 2.05) is 24.1 Å². The van der Waals surface area contributed by atoms with Crippen molar-refractivity contribution in [1.82, 2.24) is 19.6 Å². The van der Waals surface area contributed by atoms with E-state index in [1.54, 1.807) is 10.9 Å². The van der Waals surface area contributed by atoms with Gasteiger partial charge in [-0.25, -0.2) is 0 Å². The normalized spacial score (nSPS) is 25.1. The van der Waals surface area contributed by atoms with Crippen molar-refractivity contribution in [3.05, 3.63) is 18.5 Å². The third-order valence-electron chi connectivity index (χ3n) is 4.67. The van der Waals surface area contributed by atoms with Crippen molar-refractivity contribution in [2.45, 2.75) is 38.3 Å². The minimum Gasteiger partial charge on any atom is -0.377 e. The zero-order chi connectivity index (χ0) is 15.4. The molecule has 0 saturated carbocycles. The molecule has 3 rings (SSSR count). The fourth-order valence-corrected chi connectivity index (χ4v) is 3.34. The van der Waals surface area contributed by atoms with Crippen LogP contribution >= 0.6 is 0 Å². The number of hydrogen-bond acceptors (Lipinski definition) is 4. The standard InChI is InChI=1S/C16H26N4O2/c1-14(20-9-3-6-17-20)16(21)19-8-4-7-18(10-11-19)13-15-5-2-12-22-15/h3,6,9,14-15H,2,4-5,7-8,10-13H2,1H3. The smallest absolute Gasteiger partial charge is 0.247 e. The average Bonchev–Trinajstić information content (AvgIpc) is 3.18. The molecule has 0 aromatic carbocycles. The van der Waals surface area contributed by atoms with Crippen LogP contribution in [0.1, 0.15) is 32.2 Å². The molecule has 0 N–H and O–H groups in total. The van der Waals surface area contributed by atoms with Gasteiger partial charge in [-0.15, -0.1) is 0 Å². The van der Waals surface area contributed by atoms with Crippen LogP contribution in [-0.2, 0) is 9.53 Å². The van der Waals surface area contributed by atoms with E-state index in [0.717, 1.165) is 45.8 Å². The van der Waals surface area contributed by atoms with Crippen LogP contribution in [0.3, 0.4) is 0 Å². The third-order valence-corrected chi connectivity index (χ3v) is 4.67. The Balaban J connectivity index is 1.52. The highest BCUT2D eigenvalue weighted by molar-refractivity contribution is 5.80. The number of rotatable bonds is 4. The van der Waals surface area contributed by atoms with Crippen molar-refractivity contribution in [2.75, 3.05) is 39.3 Å². The summed E-state index contributed by atoms with van der Waals surface area (Å²) in [5.74, 6) is 0.169. The molecule has 6 heteroatoms. The second-order valence-electron chi connectivity index (χ2n) is 6.28. The van der Waals surface area contributed by atoms with Crippen LogP contribution in [-0.4, -0.2) is 70.9 Å². The van der Waals surface area contributed by atoms with Crippen LogP contribution in [0, 0.1) is 0 Å². The maximum atomic E-state index is 12.6. The first-order valence-corrected chi connectivity index (χ1v) is 8.36. The quantitative estimate of drug-likeness (QED) is 0.837. The number of nitrogens with zero attached hydrogens (tertiary/aromatic N) is 4. The highest BCUT2D eigenvalue weighted by Gasteiger charge is 2.26. The van der Waals surface area contributed by atoms with E-state index in [1.165, 1.54) is 12.8 Å². The molecule has 6 nitrogen and oxygen atoms in total. The number of hydrogen-bond donors (Lipinski definition) is 0. The molecular formula is C16H26N4O2. The monoisotopic (exact) mass is 306 g/mol. The van der Waals surface area contributed by atoms with E-state index >= 15 is 0 Å². The van der Waals surface area contributed by atoms with Crippen LogP contribution in [0.5, 0.6) is 0 Å². The highest BCUT2D eigenvalue weighted by Crippen LogP contribution is 2.16. The van der Waals surface area contributed by atoms with Gasteiger partial charge in [-0.3, -0.25) is 14.4 Å². The Bertz CT molecular complexity index is 471. The number of amides is 1. The van der Waals surface area contributed by atoms with E-state index < -0.39 is 0 Å². The molecule has 22 heavy (non-hydrogen) atoms. The highest BCUT2D eigenvalue weighted by atomic mass is 16.5. The van der Waals surface area contributed by atoms with Crippen LogP contribution in [0.15, 0.2) is 18.5 Å². The van der Waals surface area contributed by atoms with Gasteiger partial charge in [0.1, 0.15) is 6.04 Å². The largest absolute Gasteiger partial charge is 0.377 e. The van der Waals surface area contributed by atoms with E-state index in [0.29, 0.717) is 6.10 Å². The van der Waals surface area contributed by atoms with Crippen LogP contribution in [0.2, 0.25) is 0 Å². The molecule has 3 heterocycles. The topological polar surface area (TPSA) is 50.6 Å². The van der Waals surface area contributed by atoms with Crippen molar-refractivity contribution in [2.24, 2.45) is 0 Å². The molecule has 2 fully saturated rings. The minimum atomic E-state index is -0.222. The summed E-state index contributed by atoms with van der Waals surface area (Å²) in [5.41, 5.74) is 0. The Hall–Kier alpha value is -1.40. The van der Waals surface area contributed by atoms with Gasteiger partial charge in [0.05, 0.1) is 6.10 Å². The molecule has 0 radical (unpaired) electrons. The van der Waals surface area contributed by atoms with Gasteiger partial charge in [-0.05, 0) is 38.8 Å². The van der Waals surface area contributed by atoms with Gasteiger partial charge in [0.15, 0.2) is 0 Å². The summed E-state index contributed by atoms with van der Waals surface area (Å²) >= 11 is 0. The zero-order valence-electron chi connectivity index (χ0n) is 13.4.